The molecule has 4 rings (SSSR count). The summed E-state index contributed by atoms with van der Waals surface area (Å²) in [6.07, 6.45) is 4.48. The molecule has 2 aromatic carbocycles. The Morgan fingerprint density at radius 2 is 2.08 bits per heavy atom. The number of aromatic nitrogens is 2. The predicted octanol–water partition coefficient (Wildman–Crippen LogP) is 3.77. The van der Waals surface area contributed by atoms with Crippen LogP contribution in [0, 0.1) is 5.82 Å². The maximum Gasteiger partial charge on any atom is 0.251 e. The zero-order valence-corrected chi connectivity index (χ0v) is 13.8. The number of carbonyl (C=O) groups excluding carboxylic acids is 1. The molecular weight excluding hydrogens is 317 g/mol. The lowest BCUT2D eigenvalue weighted by atomic mass is 10.1. The Morgan fingerprint density at radius 3 is 2.96 bits per heavy atom. The fraction of sp³-hybridized carbons (Fsp3) is 0.150. The fourth-order valence-corrected chi connectivity index (χ4v) is 3.19. The minimum absolute atomic E-state index is 0.100. The van der Waals surface area contributed by atoms with E-state index in [-0.39, 0.29) is 11.7 Å². The zero-order chi connectivity index (χ0) is 17.4. The molecule has 0 spiro atoms. The van der Waals surface area contributed by atoms with E-state index in [0.29, 0.717) is 18.5 Å². The third kappa shape index (κ3) is 2.89. The second kappa shape index (κ2) is 6.09. The van der Waals surface area contributed by atoms with Crippen molar-refractivity contribution in [1.82, 2.24) is 14.9 Å². The van der Waals surface area contributed by atoms with Gasteiger partial charge in [0, 0.05) is 53.4 Å². The first-order valence-electron chi connectivity index (χ1n) is 8.20. The van der Waals surface area contributed by atoms with E-state index in [0.717, 1.165) is 27.4 Å². The number of aromatic amines is 1. The van der Waals surface area contributed by atoms with Gasteiger partial charge in [0.15, 0.2) is 0 Å². The number of halogens is 1. The molecular formula is C20H18FN3O. The summed E-state index contributed by atoms with van der Waals surface area (Å²) < 4.78 is 15.4. The van der Waals surface area contributed by atoms with Gasteiger partial charge in [-0.05, 0) is 54.4 Å². The molecule has 126 valence electrons. The number of nitrogens with one attached hydrogen (secondary N) is 2. The van der Waals surface area contributed by atoms with E-state index >= 15 is 0 Å². The van der Waals surface area contributed by atoms with Crippen LogP contribution in [0.3, 0.4) is 0 Å². The molecule has 0 saturated heterocycles. The smallest absolute Gasteiger partial charge is 0.251 e. The lowest BCUT2D eigenvalue weighted by Gasteiger charge is -2.06. The SMILES string of the molecule is Cn1ccc2cc(C(=O)NCCc3c[nH]c4ccc(F)cc34)ccc21. The van der Waals surface area contributed by atoms with Gasteiger partial charge >= 0.3 is 0 Å². The summed E-state index contributed by atoms with van der Waals surface area (Å²) in [4.78, 5) is 15.5. The molecule has 0 fully saturated rings. The predicted molar refractivity (Wildman–Crippen MR) is 97.2 cm³/mol. The molecule has 4 nitrogen and oxygen atoms in total. The number of nitrogens with zero attached hydrogens (tertiary/aromatic N) is 1. The van der Waals surface area contributed by atoms with Crippen LogP contribution in [0.2, 0.25) is 0 Å². The number of hydrogen-bond donors (Lipinski definition) is 2. The van der Waals surface area contributed by atoms with Crippen molar-refractivity contribution in [3.63, 3.8) is 0 Å². The normalized spacial score (nSPS) is 11.3. The van der Waals surface area contributed by atoms with Crippen LogP contribution < -0.4 is 5.32 Å². The molecule has 0 saturated carbocycles. The van der Waals surface area contributed by atoms with Crippen LogP contribution in [-0.2, 0) is 13.5 Å². The minimum Gasteiger partial charge on any atom is -0.361 e. The van der Waals surface area contributed by atoms with Gasteiger partial charge in [-0.3, -0.25) is 4.79 Å². The summed E-state index contributed by atoms with van der Waals surface area (Å²) >= 11 is 0. The van der Waals surface area contributed by atoms with Gasteiger partial charge in [0.2, 0.25) is 0 Å². The Kier molecular flexibility index (Phi) is 3.76. The van der Waals surface area contributed by atoms with Gasteiger partial charge in [0.25, 0.3) is 5.91 Å². The third-order valence-corrected chi connectivity index (χ3v) is 4.56. The second-order valence-corrected chi connectivity index (χ2v) is 6.21. The van der Waals surface area contributed by atoms with Crippen LogP contribution >= 0.6 is 0 Å². The maximum absolute atomic E-state index is 13.4. The van der Waals surface area contributed by atoms with Crippen LogP contribution in [0.15, 0.2) is 54.9 Å². The Morgan fingerprint density at radius 1 is 1.20 bits per heavy atom. The van der Waals surface area contributed by atoms with E-state index in [1.165, 1.54) is 12.1 Å². The highest BCUT2D eigenvalue weighted by atomic mass is 19.1. The third-order valence-electron chi connectivity index (χ3n) is 4.56. The van der Waals surface area contributed by atoms with E-state index < -0.39 is 0 Å². The van der Waals surface area contributed by atoms with Crippen molar-refractivity contribution < 1.29 is 9.18 Å². The number of aryl methyl sites for hydroxylation is 1. The number of rotatable bonds is 4. The van der Waals surface area contributed by atoms with Crippen molar-refractivity contribution in [3.05, 3.63) is 71.8 Å². The van der Waals surface area contributed by atoms with Gasteiger partial charge in [-0.15, -0.1) is 0 Å². The molecule has 1 amide bonds. The summed E-state index contributed by atoms with van der Waals surface area (Å²) in [6.45, 7) is 0.495. The summed E-state index contributed by atoms with van der Waals surface area (Å²) in [6, 6.07) is 12.3. The molecule has 0 bridgehead atoms. The monoisotopic (exact) mass is 335 g/mol. The van der Waals surface area contributed by atoms with E-state index in [2.05, 4.69) is 10.3 Å². The molecule has 2 aromatic heterocycles. The first-order chi connectivity index (χ1) is 12.1. The summed E-state index contributed by atoms with van der Waals surface area (Å²) in [5.74, 6) is -0.356. The standard InChI is InChI=1S/C20H18FN3O/c1-24-9-7-13-10-14(2-5-19(13)24)20(25)22-8-6-15-12-23-18-4-3-16(21)11-17(15)18/h2-5,7,9-12,23H,6,8H2,1H3,(H,22,25). The fourth-order valence-electron chi connectivity index (χ4n) is 3.19. The topological polar surface area (TPSA) is 49.8 Å². The Labute approximate surface area is 144 Å². The van der Waals surface area contributed by atoms with E-state index in [1.807, 2.05) is 48.3 Å². The van der Waals surface area contributed by atoms with Crippen LogP contribution in [-0.4, -0.2) is 22.0 Å². The van der Waals surface area contributed by atoms with Crippen molar-refractivity contribution in [2.45, 2.75) is 6.42 Å². The van der Waals surface area contributed by atoms with Crippen molar-refractivity contribution >= 4 is 27.7 Å². The zero-order valence-electron chi connectivity index (χ0n) is 13.8. The minimum atomic E-state index is -0.256. The molecule has 0 radical (unpaired) electrons. The van der Waals surface area contributed by atoms with Gasteiger partial charge in [-0.25, -0.2) is 4.39 Å². The first kappa shape index (κ1) is 15.4. The quantitative estimate of drug-likeness (QED) is 0.586. The van der Waals surface area contributed by atoms with Crippen molar-refractivity contribution in [1.29, 1.82) is 0 Å². The number of H-pyrrole nitrogens is 1. The molecule has 25 heavy (non-hydrogen) atoms. The largest absolute Gasteiger partial charge is 0.361 e. The maximum atomic E-state index is 13.4. The number of benzene rings is 2. The number of amides is 1. The lowest BCUT2D eigenvalue weighted by Crippen LogP contribution is -2.25. The molecule has 2 heterocycles. The van der Waals surface area contributed by atoms with Crippen molar-refractivity contribution in [2.75, 3.05) is 6.54 Å². The number of hydrogen-bond acceptors (Lipinski definition) is 1. The average Bonchev–Trinajstić information content (AvgIpc) is 3.18. The van der Waals surface area contributed by atoms with Gasteiger partial charge in [-0.1, -0.05) is 0 Å². The van der Waals surface area contributed by atoms with Gasteiger partial charge in [-0.2, -0.15) is 0 Å². The Bertz CT molecular complexity index is 1080. The number of carbonyl (C=O) groups is 1. The van der Waals surface area contributed by atoms with Crippen molar-refractivity contribution in [3.8, 4) is 0 Å². The van der Waals surface area contributed by atoms with Gasteiger partial charge < -0.3 is 14.9 Å². The van der Waals surface area contributed by atoms with Crippen LogP contribution in [0.25, 0.3) is 21.8 Å². The molecule has 0 aliphatic heterocycles. The highest BCUT2D eigenvalue weighted by molar-refractivity contribution is 5.98. The van der Waals surface area contributed by atoms with Crippen LogP contribution in [0.5, 0.6) is 0 Å². The van der Waals surface area contributed by atoms with Crippen molar-refractivity contribution in [2.24, 2.45) is 7.05 Å². The molecule has 0 unspecified atom stereocenters. The Hall–Kier alpha value is -3.08. The second-order valence-electron chi connectivity index (χ2n) is 6.21. The molecule has 2 N–H and O–H groups in total. The van der Waals surface area contributed by atoms with Crippen LogP contribution in [0.1, 0.15) is 15.9 Å². The molecule has 5 heteroatoms. The molecule has 4 aromatic rings. The van der Waals surface area contributed by atoms with E-state index in [4.69, 9.17) is 0 Å². The summed E-state index contributed by atoms with van der Waals surface area (Å²) in [5.41, 5.74) is 3.63. The van der Waals surface area contributed by atoms with Gasteiger partial charge in [0.05, 0.1) is 0 Å². The first-order valence-corrected chi connectivity index (χ1v) is 8.20. The highest BCUT2D eigenvalue weighted by Gasteiger charge is 2.09. The average molecular weight is 335 g/mol. The molecule has 0 aliphatic carbocycles. The summed E-state index contributed by atoms with van der Waals surface area (Å²) in [7, 11) is 1.98. The Balaban J connectivity index is 1.44. The van der Waals surface area contributed by atoms with E-state index in [9.17, 15) is 9.18 Å². The lowest BCUT2D eigenvalue weighted by molar-refractivity contribution is 0.0954. The number of fused-ring (bicyclic) bond motifs is 2. The molecule has 0 aliphatic rings. The highest BCUT2D eigenvalue weighted by Crippen LogP contribution is 2.20. The van der Waals surface area contributed by atoms with E-state index in [1.54, 1.807) is 6.07 Å². The molecule has 0 atom stereocenters. The summed E-state index contributed by atoms with van der Waals surface area (Å²) in [5, 5.41) is 4.84. The van der Waals surface area contributed by atoms with Gasteiger partial charge in [0.1, 0.15) is 5.82 Å². The van der Waals surface area contributed by atoms with Crippen LogP contribution in [0.4, 0.5) is 4.39 Å².